The summed E-state index contributed by atoms with van der Waals surface area (Å²) < 4.78 is 18.8. The standard InChI is InChI=1S/C35H28O3/c1-22-25-16-10-11-17-26(25)33-29-21-31(37-3)30(36-2)20-28(29)27-18-19-35(38-34(27)32(22)33,23-12-6-4-7-13-23)24-14-8-5-9-15-24/h4-18,20-21H,19H2,1-3H3. The summed E-state index contributed by atoms with van der Waals surface area (Å²) in [6.07, 6.45) is 3.06. The summed E-state index contributed by atoms with van der Waals surface area (Å²) in [7, 11) is 3.38. The van der Waals surface area contributed by atoms with Crippen molar-refractivity contribution < 1.29 is 14.2 Å². The molecule has 2 aliphatic rings. The van der Waals surface area contributed by atoms with Crippen molar-refractivity contribution in [1.29, 1.82) is 0 Å². The summed E-state index contributed by atoms with van der Waals surface area (Å²) in [6.45, 7) is 2.21. The minimum Gasteiger partial charge on any atom is -0.493 e. The number of ether oxygens (including phenoxy) is 3. The minimum absolute atomic E-state index is 0.636. The quantitative estimate of drug-likeness (QED) is 0.297. The topological polar surface area (TPSA) is 27.7 Å². The molecular weight excluding hydrogens is 468 g/mol. The van der Waals surface area contributed by atoms with E-state index in [-0.39, 0.29) is 0 Å². The van der Waals surface area contributed by atoms with E-state index < -0.39 is 5.60 Å². The Morgan fingerprint density at radius 3 is 1.84 bits per heavy atom. The lowest BCUT2D eigenvalue weighted by atomic mass is 9.81. The van der Waals surface area contributed by atoms with E-state index in [1.807, 2.05) is 0 Å². The van der Waals surface area contributed by atoms with Crippen molar-refractivity contribution in [3.8, 4) is 17.2 Å². The molecule has 0 aromatic heterocycles. The number of rotatable bonds is 4. The summed E-state index contributed by atoms with van der Waals surface area (Å²) in [6, 6.07) is 34.0. The van der Waals surface area contributed by atoms with E-state index in [0.717, 1.165) is 44.2 Å². The van der Waals surface area contributed by atoms with Crippen LogP contribution in [0.5, 0.6) is 17.2 Å². The van der Waals surface area contributed by atoms with E-state index in [9.17, 15) is 0 Å². The fourth-order valence-electron chi connectivity index (χ4n) is 6.32. The smallest absolute Gasteiger partial charge is 0.162 e. The molecule has 0 amide bonds. The zero-order chi connectivity index (χ0) is 25.9. The molecule has 0 saturated heterocycles. The Hall–Kier alpha value is -4.50. The maximum absolute atomic E-state index is 7.35. The third-order valence-electron chi connectivity index (χ3n) is 8.13. The molecule has 0 unspecified atom stereocenters. The van der Waals surface area contributed by atoms with E-state index in [0.29, 0.717) is 12.2 Å². The van der Waals surface area contributed by atoms with Crippen LogP contribution >= 0.6 is 0 Å². The molecule has 3 nitrogen and oxygen atoms in total. The van der Waals surface area contributed by atoms with Gasteiger partial charge >= 0.3 is 0 Å². The first-order chi connectivity index (χ1) is 18.7. The van der Waals surface area contributed by atoms with Crippen LogP contribution in [-0.4, -0.2) is 14.2 Å². The van der Waals surface area contributed by atoms with Crippen molar-refractivity contribution >= 4 is 22.4 Å². The van der Waals surface area contributed by atoms with Crippen LogP contribution in [0.25, 0.3) is 22.4 Å². The van der Waals surface area contributed by atoms with Crippen LogP contribution in [-0.2, 0) is 5.60 Å². The fourth-order valence-corrected chi connectivity index (χ4v) is 6.32. The predicted molar refractivity (Wildman–Crippen MR) is 152 cm³/mol. The van der Waals surface area contributed by atoms with Gasteiger partial charge in [-0.3, -0.25) is 0 Å². The van der Waals surface area contributed by atoms with Crippen LogP contribution in [0, 0.1) is 10.4 Å². The molecule has 0 atom stereocenters. The molecule has 5 aromatic carbocycles. The SMILES string of the molecule is COc1cc2c3c(c4c(c2cc1OC)=c1ccccc1=C4C)OC(c1ccccc1)(c1ccccc1)CC=3. The van der Waals surface area contributed by atoms with Gasteiger partial charge in [-0.2, -0.15) is 0 Å². The van der Waals surface area contributed by atoms with E-state index in [2.05, 4.69) is 110 Å². The number of hydrogen-bond acceptors (Lipinski definition) is 3. The highest BCUT2D eigenvalue weighted by Gasteiger charge is 2.40. The van der Waals surface area contributed by atoms with E-state index in [1.165, 1.54) is 21.2 Å². The van der Waals surface area contributed by atoms with Gasteiger partial charge in [-0.1, -0.05) is 91.0 Å². The van der Waals surface area contributed by atoms with E-state index in [4.69, 9.17) is 14.2 Å². The molecular formula is C35H28O3. The average Bonchev–Trinajstić information content (AvgIpc) is 3.29. The van der Waals surface area contributed by atoms with Crippen molar-refractivity contribution in [1.82, 2.24) is 0 Å². The molecule has 0 bridgehead atoms. The highest BCUT2D eigenvalue weighted by molar-refractivity contribution is 5.95. The summed E-state index contributed by atoms with van der Waals surface area (Å²) in [4.78, 5) is 0. The lowest BCUT2D eigenvalue weighted by Gasteiger charge is -2.38. The number of fused-ring (bicyclic) bond motifs is 7. The molecule has 0 spiro atoms. The highest BCUT2D eigenvalue weighted by Crippen LogP contribution is 2.44. The average molecular weight is 497 g/mol. The monoisotopic (exact) mass is 496 g/mol. The van der Waals surface area contributed by atoms with Gasteiger partial charge in [0.25, 0.3) is 0 Å². The predicted octanol–water partition coefficient (Wildman–Crippen LogP) is 6.18. The first kappa shape index (κ1) is 22.7. The van der Waals surface area contributed by atoms with Crippen molar-refractivity contribution in [3.05, 3.63) is 135 Å². The van der Waals surface area contributed by atoms with Gasteiger partial charge in [0.15, 0.2) is 17.1 Å². The Bertz CT molecular complexity index is 1900. The molecule has 1 heterocycles. The molecule has 7 rings (SSSR count). The molecule has 38 heavy (non-hydrogen) atoms. The third-order valence-corrected chi connectivity index (χ3v) is 8.13. The van der Waals surface area contributed by atoms with Crippen molar-refractivity contribution in [2.75, 3.05) is 14.2 Å². The number of hydrogen-bond donors (Lipinski definition) is 0. The molecule has 186 valence electrons. The van der Waals surface area contributed by atoms with Crippen LogP contribution in [0.1, 0.15) is 30.0 Å². The molecule has 1 aliphatic heterocycles. The van der Waals surface area contributed by atoms with Gasteiger partial charge in [0.2, 0.25) is 0 Å². The summed E-state index contributed by atoms with van der Waals surface area (Å²) in [5, 5.41) is 7.01. The van der Waals surface area contributed by atoms with Crippen molar-refractivity contribution in [2.45, 2.75) is 18.9 Å². The van der Waals surface area contributed by atoms with Crippen LogP contribution in [0.15, 0.2) is 97.1 Å². The lowest BCUT2D eigenvalue weighted by Crippen LogP contribution is -2.39. The molecule has 0 fully saturated rings. The first-order valence-electron chi connectivity index (χ1n) is 13.0. The Kier molecular flexibility index (Phi) is 5.09. The highest BCUT2D eigenvalue weighted by atomic mass is 16.5. The largest absolute Gasteiger partial charge is 0.493 e. The molecule has 5 aromatic rings. The molecule has 0 N–H and O–H groups in total. The minimum atomic E-state index is -0.636. The zero-order valence-corrected chi connectivity index (χ0v) is 21.7. The van der Waals surface area contributed by atoms with Crippen molar-refractivity contribution in [3.63, 3.8) is 0 Å². The molecule has 1 aliphatic carbocycles. The Morgan fingerprint density at radius 1 is 0.684 bits per heavy atom. The van der Waals surface area contributed by atoms with Gasteiger partial charge in [0.1, 0.15) is 5.75 Å². The Labute approximate surface area is 221 Å². The van der Waals surface area contributed by atoms with Gasteiger partial charge in [-0.25, -0.2) is 0 Å². The van der Waals surface area contributed by atoms with Gasteiger partial charge in [0, 0.05) is 33.5 Å². The van der Waals surface area contributed by atoms with E-state index >= 15 is 0 Å². The third kappa shape index (κ3) is 3.08. The maximum Gasteiger partial charge on any atom is 0.162 e. The fraction of sp³-hybridized carbons (Fsp3) is 0.143. The Morgan fingerprint density at radius 2 is 1.24 bits per heavy atom. The second kappa shape index (κ2) is 8.53. The van der Waals surface area contributed by atoms with Crippen molar-refractivity contribution in [2.24, 2.45) is 0 Å². The van der Waals surface area contributed by atoms with Crippen LogP contribution in [0.4, 0.5) is 0 Å². The second-order valence-corrected chi connectivity index (χ2v) is 9.99. The van der Waals surface area contributed by atoms with Gasteiger partial charge in [-0.15, -0.1) is 0 Å². The number of methoxy groups -OCH3 is 2. The van der Waals surface area contributed by atoms with Crippen LogP contribution < -0.4 is 24.6 Å². The summed E-state index contributed by atoms with van der Waals surface area (Å²) in [5.41, 5.74) is 4.04. The zero-order valence-electron chi connectivity index (χ0n) is 21.7. The lowest BCUT2D eigenvalue weighted by molar-refractivity contribution is 0.111. The molecule has 0 radical (unpaired) electrons. The van der Waals surface area contributed by atoms with Crippen LogP contribution in [0.3, 0.4) is 0 Å². The van der Waals surface area contributed by atoms with Gasteiger partial charge < -0.3 is 14.2 Å². The number of benzene rings is 5. The molecule has 3 heteroatoms. The van der Waals surface area contributed by atoms with Gasteiger partial charge in [0.05, 0.1) is 14.2 Å². The normalized spacial score (nSPS) is 14.7. The second-order valence-electron chi connectivity index (χ2n) is 9.99. The summed E-state index contributed by atoms with van der Waals surface area (Å²) in [5.74, 6) is 2.36. The first-order valence-corrected chi connectivity index (χ1v) is 13.0. The van der Waals surface area contributed by atoms with E-state index in [1.54, 1.807) is 14.2 Å². The summed E-state index contributed by atoms with van der Waals surface area (Å²) >= 11 is 0. The van der Waals surface area contributed by atoms with Gasteiger partial charge in [-0.05, 0) is 45.8 Å². The van der Waals surface area contributed by atoms with Crippen LogP contribution in [0.2, 0.25) is 0 Å². The molecule has 0 saturated carbocycles. The Balaban J connectivity index is 1.65. The maximum atomic E-state index is 7.35.